The van der Waals surface area contributed by atoms with Gasteiger partial charge in [0.2, 0.25) is 0 Å². The van der Waals surface area contributed by atoms with E-state index in [0.717, 1.165) is 30.5 Å². The van der Waals surface area contributed by atoms with E-state index in [4.69, 9.17) is 5.73 Å². The minimum Gasteiger partial charge on any atom is -0.349 e. The number of rotatable bonds is 5. The molecule has 0 bridgehead atoms. The monoisotopic (exact) mass is 264 g/mol. The van der Waals surface area contributed by atoms with Crippen LogP contribution in [-0.2, 0) is 6.54 Å². The smallest absolute Gasteiger partial charge is 0.128 e. The Balaban J connectivity index is 2.13. The van der Waals surface area contributed by atoms with E-state index in [9.17, 15) is 8.78 Å². The molecule has 0 saturated heterocycles. The van der Waals surface area contributed by atoms with E-state index >= 15 is 0 Å². The van der Waals surface area contributed by atoms with Crippen LogP contribution in [0.1, 0.15) is 36.9 Å². The molecule has 4 heteroatoms. The molecule has 2 aromatic rings. The predicted molar refractivity (Wildman–Crippen MR) is 71.7 cm³/mol. The van der Waals surface area contributed by atoms with Crippen molar-refractivity contribution in [1.82, 2.24) is 4.57 Å². The number of hydrogen-bond donors (Lipinski definition) is 1. The van der Waals surface area contributed by atoms with Crippen molar-refractivity contribution in [3.05, 3.63) is 59.4 Å². The second-order valence-corrected chi connectivity index (χ2v) is 4.75. The number of nitrogens with zero attached hydrogens (tertiary/aromatic N) is 1. The summed E-state index contributed by atoms with van der Waals surface area (Å²) in [5, 5.41) is 0. The maximum absolute atomic E-state index is 13.5. The lowest BCUT2D eigenvalue weighted by Gasteiger charge is -2.08. The standard InChI is InChI=1S/C15H18F2N2/c1-2-3-15(18)11-6-7-19(9-11)10-12-8-13(16)4-5-14(12)17/h4-9,15H,2-3,10,18H2,1H3. The Morgan fingerprint density at radius 3 is 2.79 bits per heavy atom. The highest BCUT2D eigenvalue weighted by Gasteiger charge is 2.08. The first-order valence-electron chi connectivity index (χ1n) is 6.45. The van der Waals surface area contributed by atoms with Crippen molar-refractivity contribution in [3.63, 3.8) is 0 Å². The fourth-order valence-corrected chi connectivity index (χ4v) is 2.12. The molecular weight excluding hydrogens is 246 g/mol. The SMILES string of the molecule is CCCC(N)c1ccn(Cc2cc(F)ccc2F)c1. The van der Waals surface area contributed by atoms with E-state index in [1.807, 2.05) is 23.0 Å². The van der Waals surface area contributed by atoms with Crippen LogP contribution in [0.2, 0.25) is 0 Å². The quantitative estimate of drug-likeness (QED) is 0.878. The molecule has 1 aromatic heterocycles. The molecule has 102 valence electrons. The zero-order chi connectivity index (χ0) is 13.8. The van der Waals surface area contributed by atoms with Crippen molar-refractivity contribution < 1.29 is 8.78 Å². The van der Waals surface area contributed by atoms with Crippen molar-refractivity contribution in [2.75, 3.05) is 0 Å². The summed E-state index contributed by atoms with van der Waals surface area (Å²) in [6, 6.07) is 5.43. The number of aromatic nitrogens is 1. The van der Waals surface area contributed by atoms with E-state index in [2.05, 4.69) is 6.92 Å². The predicted octanol–water partition coefficient (Wildman–Crippen LogP) is 3.61. The molecule has 19 heavy (non-hydrogen) atoms. The summed E-state index contributed by atoms with van der Waals surface area (Å²) in [5.74, 6) is -0.819. The highest BCUT2D eigenvalue weighted by Crippen LogP contribution is 2.17. The van der Waals surface area contributed by atoms with Gasteiger partial charge < -0.3 is 10.3 Å². The van der Waals surface area contributed by atoms with Crippen molar-refractivity contribution >= 4 is 0 Å². The number of halogens is 2. The van der Waals surface area contributed by atoms with Gasteiger partial charge in [0, 0.05) is 30.5 Å². The molecule has 1 atom stereocenters. The van der Waals surface area contributed by atoms with Crippen LogP contribution < -0.4 is 5.73 Å². The van der Waals surface area contributed by atoms with Crippen LogP contribution in [-0.4, -0.2) is 4.57 Å². The molecule has 0 aliphatic heterocycles. The average Bonchev–Trinajstić information content (AvgIpc) is 2.83. The molecule has 0 aliphatic rings. The van der Waals surface area contributed by atoms with Gasteiger partial charge in [0.1, 0.15) is 11.6 Å². The summed E-state index contributed by atoms with van der Waals surface area (Å²) in [6.07, 6.45) is 5.67. The van der Waals surface area contributed by atoms with Crippen LogP contribution >= 0.6 is 0 Å². The molecule has 2 nitrogen and oxygen atoms in total. The Morgan fingerprint density at radius 2 is 2.05 bits per heavy atom. The fourth-order valence-electron chi connectivity index (χ4n) is 2.12. The van der Waals surface area contributed by atoms with Crippen molar-refractivity contribution in [2.45, 2.75) is 32.4 Å². The van der Waals surface area contributed by atoms with Gasteiger partial charge in [-0.1, -0.05) is 13.3 Å². The van der Waals surface area contributed by atoms with Crippen LogP contribution in [0.5, 0.6) is 0 Å². The Hall–Kier alpha value is -1.68. The summed E-state index contributed by atoms with van der Waals surface area (Å²) in [7, 11) is 0. The van der Waals surface area contributed by atoms with E-state index in [0.29, 0.717) is 12.1 Å². The summed E-state index contributed by atoms with van der Waals surface area (Å²) >= 11 is 0. The largest absolute Gasteiger partial charge is 0.349 e. The van der Waals surface area contributed by atoms with Crippen molar-refractivity contribution in [1.29, 1.82) is 0 Å². The Bertz CT molecular complexity index is 549. The van der Waals surface area contributed by atoms with Gasteiger partial charge in [0.15, 0.2) is 0 Å². The molecule has 1 heterocycles. The Kier molecular flexibility index (Phi) is 4.32. The van der Waals surface area contributed by atoms with Gasteiger partial charge in [-0.25, -0.2) is 8.78 Å². The summed E-state index contributed by atoms with van der Waals surface area (Å²) in [6.45, 7) is 2.39. The topological polar surface area (TPSA) is 30.9 Å². The van der Waals surface area contributed by atoms with E-state index in [-0.39, 0.29) is 6.04 Å². The van der Waals surface area contributed by atoms with Crippen LogP contribution in [0.15, 0.2) is 36.7 Å². The van der Waals surface area contributed by atoms with Gasteiger partial charge in [-0.05, 0) is 36.2 Å². The second kappa shape index (κ2) is 5.97. The minimum atomic E-state index is -0.425. The normalized spacial score (nSPS) is 12.6. The maximum atomic E-state index is 13.5. The lowest BCUT2D eigenvalue weighted by molar-refractivity contribution is 0.576. The molecule has 0 amide bonds. The van der Waals surface area contributed by atoms with E-state index in [1.165, 1.54) is 6.07 Å². The zero-order valence-corrected chi connectivity index (χ0v) is 10.9. The molecular formula is C15H18F2N2. The first-order valence-corrected chi connectivity index (χ1v) is 6.45. The lowest BCUT2D eigenvalue weighted by Crippen LogP contribution is -2.09. The van der Waals surface area contributed by atoms with Gasteiger partial charge in [-0.3, -0.25) is 0 Å². The third-order valence-corrected chi connectivity index (χ3v) is 3.16. The molecule has 0 spiro atoms. The van der Waals surface area contributed by atoms with Crippen molar-refractivity contribution in [2.24, 2.45) is 5.73 Å². The summed E-state index contributed by atoms with van der Waals surface area (Å²) in [4.78, 5) is 0. The van der Waals surface area contributed by atoms with Crippen LogP contribution in [0.25, 0.3) is 0 Å². The van der Waals surface area contributed by atoms with Crippen molar-refractivity contribution in [3.8, 4) is 0 Å². The highest BCUT2D eigenvalue weighted by atomic mass is 19.1. The van der Waals surface area contributed by atoms with Crippen LogP contribution in [0.3, 0.4) is 0 Å². The maximum Gasteiger partial charge on any atom is 0.128 e. The highest BCUT2D eigenvalue weighted by molar-refractivity contribution is 5.21. The molecule has 2 rings (SSSR count). The average molecular weight is 264 g/mol. The lowest BCUT2D eigenvalue weighted by atomic mass is 10.1. The minimum absolute atomic E-state index is 0.00334. The fraction of sp³-hybridized carbons (Fsp3) is 0.333. The molecule has 0 fully saturated rings. The molecule has 1 unspecified atom stereocenters. The first kappa shape index (κ1) is 13.7. The molecule has 2 N–H and O–H groups in total. The Morgan fingerprint density at radius 1 is 1.26 bits per heavy atom. The van der Waals surface area contributed by atoms with Gasteiger partial charge in [0.25, 0.3) is 0 Å². The second-order valence-electron chi connectivity index (χ2n) is 4.75. The van der Waals surface area contributed by atoms with Crippen LogP contribution in [0.4, 0.5) is 8.78 Å². The number of benzene rings is 1. The molecule has 1 aromatic carbocycles. The van der Waals surface area contributed by atoms with E-state index in [1.54, 1.807) is 0 Å². The van der Waals surface area contributed by atoms with E-state index < -0.39 is 11.6 Å². The first-order chi connectivity index (χ1) is 9.10. The summed E-state index contributed by atoms with van der Waals surface area (Å²) < 4.78 is 28.4. The van der Waals surface area contributed by atoms with Gasteiger partial charge in [-0.15, -0.1) is 0 Å². The Labute approximate surface area is 111 Å². The van der Waals surface area contributed by atoms with Gasteiger partial charge in [0.05, 0.1) is 0 Å². The zero-order valence-electron chi connectivity index (χ0n) is 10.9. The van der Waals surface area contributed by atoms with Gasteiger partial charge >= 0.3 is 0 Å². The van der Waals surface area contributed by atoms with Crippen LogP contribution in [0, 0.1) is 11.6 Å². The van der Waals surface area contributed by atoms with Gasteiger partial charge in [-0.2, -0.15) is 0 Å². The molecule has 0 saturated carbocycles. The summed E-state index contributed by atoms with van der Waals surface area (Å²) in [5.41, 5.74) is 7.38. The number of nitrogens with two attached hydrogens (primary N) is 1. The third kappa shape index (κ3) is 3.41. The molecule has 0 aliphatic carbocycles. The number of hydrogen-bond acceptors (Lipinski definition) is 1. The molecule has 0 radical (unpaired) electrons. The third-order valence-electron chi connectivity index (χ3n) is 3.16.